The molecule has 2 rings (SSSR count). The average molecular weight is 314 g/mol. The summed E-state index contributed by atoms with van der Waals surface area (Å²) < 4.78 is 5.07. The molecule has 0 heterocycles. The lowest BCUT2D eigenvalue weighted by atomic mass is 10.1. The number of methoxy groups -OCH3 is 1. The number of allylic oxidation sites excluding steroid dienone is 1. The van der Waals surface area contributed by atoms with Gasteiger partial charge in [0.1, 0.15) is 5.75 Å². The highest BCUT2D eigenvalue weighted by atomic mass is 35.5. The van der Waals surface area contributed by atoms with Crippen molar-refractivity contribution in [3.8, 4) is 5.75 Å². The molecule has 0 radical (unpaired) electrons. The maximum atomic E-state index is 12.4. The molecule has 0 aliphatic heterocycles. The Balaban J connectivity index is 2.35. The number of Topliss-reactive ketones (excluding diaryl/α,β-unsaturated/α-hetero) is 1. The molecule has 5 nitrogen and oxygen atoms in total. The number of ether oxygens (including phenoxy) is 1. The van der Waals surface area contributed by atoms with Crippen LogP contribution in [0.4, 0.5) is 0 Å². The molecule has 110 valence electrons. The van der Waals surface area contributed by atoms with Crippen LogP contribution in [0, 0.1) is 0 Å². The van der Waals surface area contributed by atoms with Gasteiger partial charge in [-0.3, -0.25) is 4.79 Å². The number of carbonyl (C=O) groups is 1. The van der Waals surface area contributed by atoms with Gasteiger partial charge in [0, 0.05) is 15.5 Å². The van der Waals surface area contributed by atoms with Gasteiger partial charge in [0.05, 0.1) is 12.8 Å². The molecule has 0 aromatic heterocycles. The lowest BCUT2D eigenvalue weighted by Crippen LogP contribution is -2.01. The molecule has 0 atom stereocenters. The van der Waals surface area contributed by atoms with Gasteiger partial charge in [-0.25, -0.2) is 0 Å². The summed E-state index contributed by atoms with van der Waals surface area (Å²) in [5.41, 5.74) is 9.80. The number of azide groups is 1. The van der Waals surface area contributed by atoms with Crippen LogP contribution in [0.15, 0.2) is 59.3 Å². The smallest absolute Gasteiger partial charge is 0.195 e. The van der Waals surface area contributed by atoms with Crippen LogP contribution >= 0.6 is 11.6 Å². The van der Waals surface area contributed by atoms with Crippen molar-refractivity contribution in [2.24, 2.45) is 5.11 Å². The minimum absolute atomic E-state index is 0.00925. The van der Waals surface area contributed by atoms with Crippen molar-refractivity contribution >= 4 is 23.5 Å². The van der Waals surface area contributed by atoms with Crippen LogP contribution in [0.3, 0.4) is 0 Å². The molecule has 6 heteroatoms. The Bertz CT molecular complexity index is 746. The Labute approximate surface area is 132 Å². The number of nitrogens with zero attached hydrogens (tertiary/aromatic N) is 3. The predicted molar refractivity (Wildman–Crippen MR) is 85.9 cm³/mol. The molecule has 0 aliphatic rings. The van der Waals surface area contributed by atoms with E-state index < -0.39 is 0 Å². The van der Waals surface area contributed by atoms with E-state index in [4.69, 9.17) is 21.9 Å². The monoisotopic (exact) mass is 313 g/mol. The van der Waals surface area contributed by atoms with Crippen LogP contribution in [0.2, 0.25) is 5.02 Å². The van der Waals surface area contributed by atoms with Crippen molar-refractivity contribution in [1.29, 1.82) is 0 Å². The summed E-state index contributed by atoms with van der Waals surface area (Å²) >= 11 is 5.80. The molecule has 0 spiro atoms. The highest BCUT2D eigenvalue weighted by Gasteiger charge is 2.11. The summed E-state index contributed by atoms with van der Waals surface area (Å²) in [4.78, 5) is 15.1. The molecule has 2 aromatic rings. The normalized spacial score (nSPS) is 10.7. The van der Waals surface area contributed by atoms with Crippen LogP contribution < -0.4 is 4.74 Å². The molecule has 0 amide bonds. The number of rotatable bonds is 5. The predicted octanol–water partition coefficient (Wildman–Crippen LogP) is 4.88. The molecule has 0 N–H and O–H groups in total. The van der Waals surface area contributed by atoms with Gasteiger partial charge in [0.25, 0.3) is 0 Å². The van der Waals surface area contributed by atoms with Crippen molar-refractivity contribution in [1.82, 2.24) is 0 Å². The van der Waals surface area contributed by atoms with E-state index in [0.717, 1.165) is 5.56 Å². The van der Waals surface area contributed by atoms with Gasteiger partial charge in [0.2, 0.25) is 0 Å². The second-order valence-corrected chi connectivity index (χ2v) is 4.76. The van der Waals surface area contributed by atoms with Gasteiger partial charge in [0.15, 0.2) is 5.78 Å². The summed E-state index contributed by atoms with van der Waals surface area (Å²) in [7, 11) is 1.57. The lowest BCUT2D eigenvalue weighted by molar-refractivity contribution is 0.103. The largest absolute Gasteiger partial charge is 0.497 e. The number of halogens is 1. The Morgan fingerprint density at radius 1 is 1.18 bits per heavy atom. The van der Waals surface area contributed by atoms with Crippen molar-refractivity contribution in [3.05, 3.63) is 80.8 Å². The van der Waals surface area contributed by atoms with Crippen molar-refractivity contribution < 1.29 is 9.53 Å². The van der Waals surface area contributed by atoms with Gasteiger partial charge in [-0.15, -0.1) is 0 Å². The third-order valence-corrected chi connectivity index (χ3v) is 3.16. The van der Waals surface area contributed by atoms with E-state index in [-0.39, 0.29) is 11.5 Å². The highest BCUT2D eigenvalue weighted by molar-refractivity contribution is 6.30. The first-order valence-corrected chi connectivity index (χ1v) is 6.73. The van der Waals surface area contributed by atoms with Crippen LogP contribution in [-0.2, 0) is 0 Å². The molecular formula is C16H12ClN3O2. The standard InChI is InChI=1S/C16H12ClN3O2/c1-22-14-8-2-11(3-9-14)10-15(19-20-18)16(21)12-4-6-13(17)7-5-12/h2-10H,1H3/b15-10-. The highest BCUT2D eigenvalue weighted by Crippen LogP contribution is 2.18. The zero-order chi connectivity index (χ0) is 15.9. The first kappa shape index (κ1) is 15.6. The maximum absolute atomic E-state index is 12.4. The van der Waals surface area contributed by atoms with Gasteiger partial charge in [-0.2, -0.15) is 0 Å². The zero-order valence-corrected chi connectivity index (χ0v) is 12.5. The Morgan fingerprint density at radius 2 is 1.82 bits per heavy atom. The van der Waals surface area contributed by atoms with Gasteiger partial charge in [-0.1, -0.05) is 28.8 Å². The van der Waals surface area contributed by atoms with E-state index in [1.54, 1.807) is 55.6 Å². The summed E-state index contributed by atoms with van der Waals surface area (Å²) in [5, 5.41) is 4.02. The van der Waals surface area contributed by atoms with E-state index >= 15 is 0 Å². The van der Waals surface area contributed by atoms with Crippen molar-refractivity contribution in [3.63, 3.8) is 0 Å². The fourth-order valence-electron chi connectivity index (χ4n) is 1.80. The summed E-state index contributed by atoms with van der Waals surface area (Å²) in [5.74, 6) is 0.330. The number of hydrogen-bond acceptors (Lipinski definition) is 3. The van der Waals surface area contributed by atoms with Crippen LogP contribution in [-0.4, -0.2) is 12.9 Å². The molecule has 0 saturated heterocycles. The number of benzene rings is 2. The van der Waals surface area contributed by atoms with E-state index in [9.17, 15) is 4.79 Å². The van der Waals surface area contributed by atoms with Gasteiger partial charge < -0.3 is 4.74 Å². The first-order chi connectivity index (χ1) is 10.6. The van der Waals surface area contributed by atoms with E-state index in [2.05, 4.69) is 10.0 Å². The topological polar surface area (TPSA) is 75.1 Å². The molecule has 0 unspecified atom stereocenters. The Kier molecular flexibility index (Phi) is 5.20. The maximum Gasteiger partial charge on any atom is 0.195 e. The fraction of sp³-hybridized carbons (Fsp3) is 0.0625. The number of carbonyl (C=O) groups excluding carboxylic acids is 1. The van der Waals surface area contributed by atoms with E-state index in [1.165, 1.54) is 6.08 Å². The van der Waals surface area contributed by atoms with Crippen LogP contribution in [0.5, 0.6) is 5.75 Å². The average Bonchev–Trinajstić information content (AvgIpc) is 2.55. The molecule has 2 aromatic carbocycles. The summed E-state index contributed by atoms with van der Waals surface area (Å²) in [6.07, 6.45) is 1.52. The van der Waals surface area contributed by atoms with Crippen molar-refractivity contribution in [2.45, 2.75) is 0 Å². The molecule has 22 heavy (non-hydrogen) atoms. The first-order valence-electron chi connectivity index (χ1n) is 6.35. The summed E-state index contributed by atoms with van der Waals surface area (Å²) in [6, 6.07) is 13.4. The minimum atomic E-state index is -0.370. The molecule has 0 aliphatic carbocycles. The zero-order valence-electron chi connectivity index (χ0n) is 11.7. The summed E-state index contributed by atoms with van der Waals surface area (Å²) in [6.45, 7) is 0. The Hall–Kier alpha value is -2.75. The molecule has 0 saturated carbocycles. The molecular weight excluding hydrogens is 302 g/mol. The quantitative estimate of drug-likeness (QED) is 0.259. The van der Waals surface area contributed by atoms with E-state index in [1.807, 2.05) is 0 Å². The third kappa shape index (κ3) is 3.88. The van der Waals surface area contributed by atoms with Crippen LogP contribution in [0.25, 0.3) is 16.5 Å². The molecule has 0 fully saturated rings. The second kappa shape index (κ2) is 7.31. The van der Waals surface area contributed by atoms with Crippen LogP contribution in [0.1, 0.15) is 15.9 Å². The number of ketones is 1. The number of hydrogen-bond donors (Lipinski definition) is 0. The lowest BCUT2D eigenvalue weighted by Gasteiger charge is -2.03. The fourth-order valence-corrected chi connectivity index (χ4v) is 1.92. The third-order valence-electron chi connectivity index (χ3n) is 2.91. The molecule has 0 bridgehead atoms. The second-order valence-electron chi connectivity index (χ2n) is 4.33. The van der Waals surface area contributed by atoms with Gasteiger partial charge in [-0.05, 0) is 53.6 Å². The SMILES string of the molecule is COc1ccc(/C=C(\N=[N+]=[N-])C(=O)c2ccc(Cl)cc2)cc1. The van der Waals surface area contributed by atoms with Gasteiger partial charge >= 0.3 is 0 Å². The van der Waals surface area contributed by atoms with Crippen molar-refractivity contribution in [2.75, 3.05) is 7.11 Å². The minimum Gasteiger partial charge on any atom is -0.497 e. The Morgan fingerprint density at radius 3 is 2.36 bits per heavy atom. The van der Waals surface area contributed by atoms with E-state index in [0.29, 0.717) is 16.3 Å².